The molecule has 0 spiro atoms. The molecular formula is C23H29N3O3. The fourth-order valence-electron chi connectivity index (χ4n) is 4.58. The third-order valence-corrected chi connectivity index (χ3v) is 6.34. The Kier molecular flexibility index (Phi) is 5.43. The highest BCUT2D eigenvalue weighted by Crippen LogP contribution is 2.38. The van der Waals surface area contributed by atoms with Crippen molar-refractivity contribution < 1.29 is 14.1 Å². The summed E-state index contributed by atoms with van der Waals surface area (Å²) in [5.41, 5.74) is 1.10. The van der Waals surface area contributed by atoms with E-state index in [1.165, 1.54) is 0 Å². The van der Waals surface area contributed by atoms with Crippen molar-refractivity contribution in [3.63, 3.8) is 0 Å². The van der Waals surface area contributed by atoms with E-state index in [0.29, 0.717) is 18.7 Å². The molecule has 2 heterocycles. The number of carbonyl (C=O) groups is 2. The molecule has 1 aliphatic carbocycles. The quantitative estimate of drug-likeness (QED) is 0.778. The third kappa shape index (κ3) is 3.93. The van der Waals surface area contributed by atoms with Crippen LogP contribution in [0.15, 0.2) is 40.9 Å². The molecule has 0 N–H and O–H groups in total. The molecule has 4 rings (SSSR count). The van der Waals surface area contributed by atoms with Gasteiger partial charge in [-0.25, -0.2) is 0 Å². The summed E-state index contributed by atoms with van der Waals surface area (Å²) in [5, 5.41) is 4.21. The van der Waals surface area contributed by atoms with Crippen molar-refractivity contribution in [1.82, 2.24) is 15.0 Å². The monoisotopic (exact) mass is 395 g/mol. The zero-order valence-electron chi connectivity index (χ0n) is 17.3. The van der Waals surface area contributed by atoms with E-state index in [0.717, 1.165) is 49.9 Å². The first-order valence-corrected chi connectivity index (χ1v) is 10.5. The van der Waals surface area contributed by atoms with Gasteiger partial charge in [0.15, 0.2) is 0 Å². The molecule has 2 aromatic rings. The summed E-state index contributed by atoms with van der Waals surface area (Å²) in [6.45, 7) is 1.20. The van der Waals surface area contributed by atoms with Gasteiger partial charge in [0.05, 0.1) is 5.41 Å². The van der Waals surface area contributed by atoms with Gasteiger partial charge in [0.25, 0.3) is 0 Å². The van der Waals surface area contributed by atoms with E-state index >= 15 is 0 Å². The molecule has 1 atom stereocenters. The van der Waals surface area contributed by atoms with Gasteiger partial charge in [-0.15, -0.1) is 0 Å². The number of benzene rings is 1. The Morgan fingerprint density at radius 1 is 1.21 bits per heavy atom. The van der Waals surface area contributed by atoms with Crippen LogP contribution >= 0.6 is 0 Å². The lowest BCUT2D eigenvalue weighted by molar-refractivity contribution is -0.150. The largest absolute Gasteiger partial charge is 0.361 e. The molecule has 1 aromatic heterocycles. The molecule has 2 fully saturated rings. The van der Waals surface area contributed by atoms with Gasteiger partial charge in [-0.3, -0.25) is 9.59 Å². The van der Waals surface area contributed by atoms with Crippen molar-refractivity contribution in [1.29, 1.82) is 0 Å². The van der Waals surface area contributed by atoms with Crippen molar-refractivity contribution in [3.05, 3.63) is 42.2 Å². The standard InChI is InChI=1S/C23H29N3O3/c1-25(2)22(28)23(12-7-13-26(16-23)21(27)18-10-6-11-18)15-19-14-20(24-29-19)17-8-4-3-5-9-17/h3-5,8-9,14,18H,6-7,10-13,15-16H2,1-2H3/t23-/m0/s1. The minimum absolute atomic E-state index is 0.0567. The van der Waals surface area contributed by atoms with E-state index < -0.39 is 5.41 Å². The van der Waals surface area contributed by atoms with Gasteiger partial charge in [0.1, 0.15) is 11.5 Å². The Labute approximate surface area is 171 Å². The summed E-state index contributed by atoms with van der Waals surface area (Å²) >= 11 is 0. The predicted octanol–water partition coefficient (Wildman–Crippen LogP) is 3.38. The number of nitrogens with zero attached hydrogens (tertiary/aromatic N) is 3. The van der Waals surface area contributed by atoms with Gasteiger partial charge < -0.3 is 14.3 Å². The van der Waals surface area contributed by atoms with E-state index in [-0.39, 0.29) is 17.7 Å². The predicted molar refractivity (Wildman–Crippen MR) is 110 cm³/mol. The minimum atomic E-state index is -0.658. The Morgan fingerprint density at radius 2 is 1.97 bits per heavy atom. The Hall–Kier alpha value is -2.63. The molecule has 6 heteroatoms. The zero-order valence-corrected chi connectivity index (χ0v) is 17.3. The minimum Gasteiger partial charge on any atom is -0.361 e. The Balaban J connectivity index is 1.58. The number of rotatable bonds is 5. The fourth-order valence-corrected chi connectivity index (χ4v) is 4.58. The zero-order chi connectivity index (χ0) is 20.4. The van der Waals surface area contributed by atoms with Crippen LogP contribution in [0, 0.1) is 11.3 Å². The summed E-state index contributed by atoms with van der Waals surface area (Å²) in [6.07, 6.45) is 5.13. The fraction of sp³-hybridized carbons (Fsp3) is 0.522. The molecule has 6 nitrogen and oxygen atoms in total. The average molecular weight is 396 g/mol. The van der Waals surface area contributed by atoms with Gasteiger partial charge >= 0.3 is 0 Å². The van der Waals surface area contributed by atoms with Gasteiger partial charge in [0, 0.05) is 51.2 Å². The van der Waals surface area contributed by atoms with Crippen LogP contribution in [0.4, 0.5) is 0 Å². The number of aromatic nitrogens is 1. The number of hydrogen-bond acceptors (Lipinski definition) is 4. The second kappa shape index (κ2) is 8.01. The first-order chi connectivity index (χ1) is 14.0. The first kappa shape index (κ1) is 19.7. The van der Waals surface area contributed by atoms with Gasteiger partial charge in [-0.05, 0) is 25.7 Å². The average Bonchev–Trinajstić information content (AvgIpc) is 3.15. The van der Waals surface area contributed by atoms with E-state index in [1.807, 2.05) is 41.3 Å². The maximum absolute atomic E-state index is 13.2. The summed E-state index contributed by atoms with van der Waals surface area (Å²) in [5.74, 6) is 1.11. The van der Waals surface area contributed by atoms with Crippen LogP contribution < -0.4 is 0 Å². The molecule has 1 saturated carbocycles. The number of likely N-dealkylation sites (tertiary alicyclic amines) is 1. The maximum atomic E-state index is 13.2. The lowest BCUT2D eigenvalue weighted by Gasteiger charge is -2.44. The number of hydrogen-bond donors (Lipinski definition) is 0. The highest BCUT2D eigenvalue weighted by molar-refractivity contribution is 5.85. The topological polar surface area (TPSA) is 66.7 Å². The Morgan fingerprint density at radius 3 is 2.62 bits per heavy atom. The molecular weight excluding hydrogens is 366 g/mol. The molecule has 0 unspecified atom stereocenters. The molecule has 2 aliphatic rings. The molecule has 1 saturated heterocycles. The van der Waals surface area contributed by atoms with Crippen molar-refractivity contribution in [2.24, 2.45) is 11.3 Å². The van der Waals surface area contributed by atoms with Crippen molar-refractivity contribution >= 4 is 11.8 Å². The number of amides is 2. The first-order valence-electron chi connectivity index (χ1n) is 10.5. The highest BCUT2D eigenvalue weighted by atomic mass is 16.5. The summed E-state index contributed by atoms with van der Waals surface area (Å²) in [7, 11) is 3.57. The van der Waals surface area contributed by atoms with Crippen LogP contribution in [0.3, 0.4) is 0 Å². The van der Waals surface area contributed by atoms with Crippen LogP contribution in [-0.4, -0.2) is 54.0 Å². The summed E-state index contributed by atoms with van der Waals surface area (Å²) in [4.78, 5) is 29.7. The molecule has 2 amide bonds. The number of carbonyl (C=O) groups excluding carboxylic acids is 2. The maximum Gasteiger partial charge on any atom is 0.230 e. The van der Waals surface area contributed by atoms with Gasteiger partial charge in [-0.2, -0.15) is 0 Å². The third-order valence-electron chi connectivity index (χ3n) is 6.34. The normalized spacial score (nSPS) is 22.2. The van der Waals surface area contributed by atoms with Crippen LogP contribution in [0.1, 0.15) is 37.9 Å². The van der Waals surface area contributed by atoms with Crippen molar-refractivity contribution in [2.75, 3.05) is 27.2 Å². The smallest absolute Gasteiger partial charge is 0.230 e. The van der Waals surface area contributed by atoms with Crippen molar-refractivity contribution in [3.8, 4) is 11.3 Å². The molecule has 0 radical (unpaired) electrons. The van der Waals surface area contributed by atoms with Crippen LogP contribution in [0.5, 0.6) is 0 Å². The molecule has 154 valence electrons. The molecule has 29 heavy (non-hydrogen) atoms. The lowest BCUT2D eigenvalue weighted by atomic mass is 9.74. The van der Waals surface area contributed by atoms with Crippen LogP contribution in [-0.2, 0) is 16.0 Å². The summed E-state index contributed by atoms with van der Waals surface area (Å²) in [6, 6.07) is 11.8. The lowest BCUT2D eigenvalue weighted by Crippen LogP contribution is -2.55. The van der Waals surface area contributed by atoms with E-state index in [4.69, 9.17) is 4.52 Å². The van der Waals surface area contributed by atoms with Crippen LogP contribution in [0.2, 0.25) is 0 Å². The van der Waals surface area contributed by atoms with E-state index in [1.54, 1.807) is 19.0 Å². The van der Waals surface area contributed by atoms with Crippen molar-refractivity contribution in [2.45, 2.75) is 38.5 Å². The van der Waals surface area contributed by atoms with Gasteiger partial charge in [-0.1, -0.05) is 41.9 Å². The molecule has 1 aliphatic heterocycles. The van der Waals surface area contributed by atoms with Crippen LogP contribution in [0.25, 0.3) is 11.3 Å². The van der Waals surface area contributed by atoms with Gasteiger partial charge in [0.2, 0.25) is 11.8 Å². The molecule has 0 bridgehead atoms. The second-order valence-corrected chi connectivity index (χ2v) is 8.69. The SMILES string of the molecule is CN(C)C(=O)[C@]1(Cc2cc(-c3ccccc3)no2)CCCN(C(=O)C2CCC2)C1. The Bertz CT molecular complexity index is 873. The second-order valence-electron chi connectivity index (χ2n) is 8.69. The molecule has 1 aromatic carbocycles. The summed E-state index contributed by atoms with van der Waals surface area (Å²) < 4.78 is 5.63. The van der Waals surface area contributed by atoms with E-state index in [2.05, 4.69) is 5.16 Å². The highest BCUT2D eigenvalue weighted by Gasteiger charge is 2.46. The van der Waals surface area contributed by atoms with E-state index in [9.17, 15) is 9.59 Å². The number of piperidine rings is 1.